The summed E-state index contributed by atoms with van der Waals surface area (Å²) in [6.45, 7) is 8.77. The molecular weight excluding hydrogens is 160 g/mol. The second-order valence-corrected chi connectivity index (χ2v) is 2.53. The maximum absolute atomic E-state index is 5.22. The molecule has 0 aliphatic rings. The summed E-state index contributed by atoms with van der Waals surface area (Å²) < 4.78 is 5.22. The maximum atomic E-state index is 5.22. The van der Waals surface area contributed by atoms with Gasteiger partial charge in [0.1, 0.15) is 0 Å². The first kappa shape index (κ1) is 11.9. The van der Waals surface area contributed by atoms with Crippen molar-refractivity contribution < 1.29 is 4.74 Å². The van der Waals surface area contributed by atoms with E-state index < -0.39 is 0 Å². The van der Waals surface area contributed by atoms with E-state index in [1.54, 1.807) is 6.08 Å². The van der Waals surface area contributed by atoms with Crippen LogP contribution in [0.1, 0.15) is 19.4 Å². The Kier molecular flexibility index (Phi) is 8.26. The molecule has 72 valence electrons. The fourth-order valence-electron chi connectivity index (χ4n) is 0.794. The van der Waals surface area contributed by atoms with Crippen molar-refractivity contribution in [1.82, 2.24) is 0 Å². The zero-order valence-corrected chi connectivity index (χ0v) is 8.49. The second-order valence-electron chi connectivity index (χ2n) is 2.53. The lowest BCUT2D eigenvalue weighted by molar-refractivity contribution is 0.134. The van der Waals surface area contributed by atoms with Crippen molar-refractivity contribution in [2.45, 2.75) is 20.5 Å². The van der Waals surface area contributed by atoms with Crippen molar-refractivity contribution in [1.29, 1.82) is 0 Å². The molecular formula is C12H18O. The smallest absolute Gasteiger partial charge is 0.0716 e. The van der Waals surface area contributed by atoms with Gasteiger partial charge in [0.05, 0.1) is 6.61 Å². The number of benzene rings is 1. The summed E-state index contributed by atoms with van der Waals surface area (Å²) in [6.07, 6.45) is 1.75. The minimum Gasteiger partial charge on any atom is -0.377 e. The minimum absolute atomic E-state index is 0.733. The van der Waals surface area contributed by atoms with Gasteiger partial charge in [0.2, 0.25) is 0 Å². The molecule has 1 aromatic carbocycles. The molecule has 0 saturated heterocycles. The van der Waals surface area contributed by atoms with E-state index in [1.165, 1.54) is 5.56 Å². The van der Waals surface area contributed by atoms with Crippen molar-refractivity contribution >= 4 is 0 Å². The van der Waals surface area contributed by atoms with Crippen LogP contribution in [0.15, 0.2) is 43.0 Å². The highest BCUT2D eigenvalue weighted by Gasteiger charge is 1.86. The van der Waals surface area contributed by atoms with Gasteiger partial charge in [-0.3, -0.25) is 0 Å². The van der Waals surface area contributed by atoms with Crippen LogP contribution in [0.4, 0.5) is 0 Å². The van der Waals surface area contributed by atoms with Gasteiger partial charge in [0.25, 0.3) is 0 Å². The Morgan fingerprint density at radius 2 is 1.85 bits per heavy atom. The van der Waals surface area contributed by atoms with E-state index in [-0.39, 0.29) is 0 Å². The third kappa shape index (κ3) is 7.29. The lowest BCUT2D eigenvalue weighted by atomic mass is 10.2. The average molecular weight is 178 g/mol. The Morgan fingerprint density at radius 3 is 2.31 bits per heavy atom. The number of ether oxygens (including phenoxy) is 1. The maximum Gasteiger partial charge on any atom is 0.0716 e. The topological polar surface area (TPSA) is 9.23 Å². The van der Waals surface area contributed by atoms with Crippen LogP contribution in [0.5, 0.6) is 0 Å². The quantitative estimate of drug-likeness (QED) is 0.644. The van der Waals surface area contributed by atoms with Gasteiger partial charge in [-0.2, -0.15) is 0 Å². The Labute approximate surface area is 81.1 Å². The largest absolute Gasteiger partial charge is 0.377 e. The molecule has 0 heterocycles. The lowest BCUT2D eigenvalue weighted by Gasteiger charge is -1.98. The van der Waals surface area contributed by atoms with E-state index in [4.69, 9.17) is 4.74 Å². The molecule has 0 spiro atoms. The first-order chi connectivity index (χ1) is 6.35. The third-order valence-electron chi connectivity index (χ3n) is 1.32. The molecule has 0 atom stereocenters. The molecule has 0 saturated carbocycles. The van der Waals surface area contributed by atoms with E-state index in [2.05, 4.69) is 18.7 Å². The van der Waals surface area contributed by atoms with Gasteiger partial charge in [-0.05, 0) is 19.4 Å². The monoisotopic (exact) mass is 178 g/mol. The van der Waals surface area contributed by atoms with Crippen LogP contribution in [0.3, 0.4) is 0 Å². The van der Waals surface area contributed by atoms with Gasteiger partial charge in [0.15, 0.2) is 0 Å². The van der Waals surface area contributed by atoms with Gasteiger partial charge >= 0.3 is 0 Å². The standard InChI is InChI=1S/C9H12O.C3H6/c1-2-10-8-9-6-4-3-5-7-9;1-3-2/h3-7H,2,8H2,1H3;3H,1H2,2H3. The normalized spacial score (nSPS) is 8.46. The van der Waals surface area contributed by atoms with E-state index in [9.17, 15) is 0 Å². The van der Waals surface area contributed by atoms with Crippen molar-refractivity contribution in [3.8, 4) is 0 Å². The van der Waals surface area contributed by atoms with E-state index >= 15 is 0 Å². The Morgan fingerprint density at radius 1 is 1.31 bits per heavy atom. The molecule has 1 nitrogen and oxygen atoms in total. The van der Waals surface area contributed by atoms with E-state index in [0.717, 1.165) is 13.2 Å². The number of allylic oxidation sites excluding steroid dienone is 1. The lowest BCUT2D eigenvalue weighted by Crippen LogP contribution is -1.90. The summed E-state index contributed by atoms with van der Waals surface area (Å²) in [5.74, 6) is 0. The Hall–Kier alpha value is -1.08. The summed E-state index contributed by atoms with van der Waals surface area (Å²) in [5, 5.41) is 0. The molecule has 1 aromatic rings. The zero-order valence-electron chi connectivity index (χ0n) is 8.49. The molecule has 1 rings (SSSR count). The molecule has 1 heteroatoms. The molecule has 13 heavy (non-hydrogen) atoms. The summed E-state index contributed by atoms with van der Waals surface area (Å²) in [4.78, 5) is 0. The van der Waals surface area contributed by atoms with Gasteiger partial charge in [-0.1, -0.05) is 36.4 Å². The Balaban J connectivity index is 0.000000424. The van der Waals surface area contributed by atoms with Crippen molar-refractivity contribution in [3.05, 3.63) is 48.6 Å². The molecule has 0 unspecified atom stereocenters. The highest BCUT2D eigenvalue weighted by molar-refractivity contribution is 5.13. The van der Waals surface area contributed by atoms with Crippen LogP contribution in [0.2, 0.25) is 0 Å². The van der Waals surface area contributed by atoms with Crippen molar-refractivity contribution in [3.63, 3.8) is 0 Å². The molecule has 0 aromatic heterocycles. The molecule has 0 fully saturated rings. The summed E-state index contributed by atoms with van der Waals surface area (Å²) in [5.41, 5.74) is 1.24. The SMILES string of the molecule is C=CC.CCOCc1ccccc1. The first-order valence-corrected chi connectivity index (χ1v) is 4.53. The first-order valence-electron chi connectivity index (χ1n) is 4.53. The van der Waals surface area contributed by atoms with Crippen LogP contribution >= 0.6 is 0 Å². The predicted molar refractivity (Wildman–Crippen MR) is 57.6 cm³/mol. The number of hydrogen-bond acceptors (Lipinski definition) is 1. The average Bonchev–Trinajstić information content (AvgIpc) is 2.18. The summed E-state index contributed by atoms with van der Waals surface area (Å²) >= 11 is 0. The fraction of sp³-hybridized carbons (Fsp3) is 0.333. The summed E-state index contributed by atoms with van der Waals surface area (Å²) in [7, 11) is 0. The number of hydrogen-bond donors (Lipinski definition) is 0. The highest BCUT2D eigenvalue weighted by atomic mass is 16.5. The van der Waals surface area contributed by atoms with Crippen LogP contribution < -0.4 is 0 Å². The second kappa shape index (κ2) is 9.01. The van der Waals surface area contributed by atoms with Gasteiger partial charge in [0, 0.05) is 6.61 Å². The minimum atomic E-state index is 0.733. The molecule has 0 bridgehead atoms. The van der Waals surface area contributed by atoms with Crippen LogP contribution in [0.25, 0.3) is 0 Å². The van der Waals surface area contributed by atoms with Crippen LogP contribution in [-0.4, -0.2) is 6.61 Å². The molecule has 0 amide bonds. The highest BCUT2D eigenvalue weighted by Crippen LogP contribution is 1.99. The molecule has 0 N–H and O–H groups in total. The van der Waals surface area contributed by atoms with Crippen LogP contribution in [0, 0.1) is 0 Å². The molecule has 0 radical (unpaired) electrons. The van der Waals surface area contributed by atoms with E-state index in [1.807, 2.05) is 32.0 Å². The van der Waals surface area contributed by atoms with Gasteiger partial charge in [-0.15, -0.1) is 6.58 Å². The Bertz CT molecular complexity index is 204. The van der Waals surface area contributed by atoms with Gasteiger partial charge < -0.3 is 4.74 Å². The third-order valence-corrected chi connectivity index (χ3v) is 1.32. The zero-order chi connectivity index (χ0) is 9.94. The fourth-order valence-corrected chi connectivity index (χ4v) is 0.794. The van der Waals surface area contributed by atoms with E-state index in [0.29, 0.717) is 0 Å². The predicted octanol–water partition coefficient (Wildman–Crippen LogP) is 3.42. The van der Waals surface area contributed by atoms with Crippen LogP contribution in [-0.2, 0) is 11.3 Å². The summed E-state index contributed by atoms with van der Waals surface area (Å²) in [6, 6.07) is 10.2. The molecule has 0 aliphatic heterocycles. The van der Waals surface area contributed by atoms with Crippen molar-refractivity contribution in [2.75, 3.05) is 6.61 Å². The van der Waals surface area contributed by atoms with Gasteiger partial charge in [-0.25, -0.2) is 0 Å². The number of rotatable bonds is 3. The van der Waals surface area contributed by atoms with Crippen molar-refractivity contribution in [2.24, 2.45) is 0 Å². The molecule has 0 aliphatic carbocycles.